The first-order valence-corrected chi connectivity index (χ1v) is 5.99. The van der Waals surface area contributed by atoms with E-state index in [4.69, 9.17) is 5.73 Å². The molecule has 1 aromatic heterocycles. The summed E-state index contributed by atoms with van der Waals surface area (Å²) >= 11 is 1.67. The Labute approximate surface area is 93.5 Å². The molecule has 1 aromatic carbocycles. The van der Waals surface area contributed by atoms with Crippen molar-refractivity contribution in [1.82, 2.24) is 9.97 Å². The van der Waals surface area contributed by atoms with Crippen LogP contribution in [0.15, 0.2) is 17.3 Å². The molecule has 4 heteroatoms. The minimum atomic E-state index is 0.680. The molecule has 0 aliphatic rings. The largest absolute Gasteiger partial charge is 0.333 e. The summed E-state index contributed by atoms with van der Waals surface area (Å²) in [5.41, 5.74) is 10.2. The van der Waals surface area contributed by atoms with Crippen LogP contribution < -0.4 is 5.73 Å². The lowest BCUT2D eigenvalue weighted by molar-refractivity contribution is 1.07. The van der Waals surface area contributed by atoms with Crippen LogP contribution in [0.3, 0.4) is 0 Å². The zero-order valence-electron chi connectivity index (χ0n) is 9.00. The average molecular weight is 221 g/mol. The van der Waals surface area contributed by atoms with Crippen LogP contribution in [0.4, 0.5) is 0 Å². The Balaban J connectivity index is 2.38. The minimum Gasteiger partial charge on any atom is -0.333 e. The minimum absolute atomic E-state index is 0.680. The highest BCUT2D eigenvalue weighted by atomic mass is 32.2. The molecule has 80 valence electrons. The van der Waals surface area contributed by atoms with Crippen molar-refractivity contribution in [3.63, 3.8) is 0 Å². The summed E-state index contributed by atoms with van der Waals surface area (Å²) in [5.74, 6) is 0.901. The molecule has 0 amide bonds. The van der Waals surface area contributed by atoms with Crippen molar-refractivity contribution in [2.45, 2.75) is 19.0 Å². The van der Waals surface area contributed by atoms with Gasteiger partial charge in [0.25, 0.3) is 0 Å². The van der Waals surface area contributed by atoms with E-state index in [2.05, 4.69) is 35.9 Å². The molecular weight excluding hydrogens is 206 g/mol. The van der Waals surface area contributed by atoms with Crippen molar-refractivity contribution in [2.24, 2.45) is 5.73 Å². The summed E-state index contributed by atoms with van der Waals surface area (Å²) in [6.07, 6.45) is 0. The van der Waals surface area contributed by atoms with E-state index in [1.807, 2.05) is 0 Å². The standard InChI is InChI=1S/C11H15N3S/c1-7-5-9-10(6-8(7)2)14-11(13-9)15-4-3-12/h5-6H,3-4,12H2,1-2H3,(H,13,14). The molecule has 2 aromatic rings. The second-order valence-corrected chi connectivity index (χ2v) is 4.72. The van der Waals surface area contributed by atoms with Crippen molar-refractivity contribution >= 4 is 22.8 Å². The van der Waals surface area contributed by atoms with Crippen LogP contribution in [0.5, 0.6) is 0 Å². The maximum absolute atomic E-state index is 5.46. The lowest BCUT2D eigenvalue weighted by Gasteiger charge is -1.97. The molecule has 0 unspecified atom stereocenters. The van der Waals surface area contributed by atoms with Crippen LogP contribution >= 0.6 is 11.8 Å². The predicted molar refractivity (Wildman–Crippen MR) is 65.3 cm³/mol. The summed E-state index contributed by atoms with van der Waals surface area (Å²) in [5, 5.41) is 0.959. The monoisotopic (exact) mass is 221 g/mol. The summed E-state index contributed by atoms with van der Waals surface area (Å²) in [7, 11) is 0. The molecule has 0 atom stereocenters. The van der Waals surface area contributed by atoms with E-state index in [0.29, 0.717) is 6.54 Å². The number of thioether (sulfide) groups is 1. The van der Waals surface area contributed by atoms with Gasteiger partial charge in [0.2, 0.25) is 0 Å². The number of hydrogen-bond acceptors (Lipinski definition) is 3. The number of H-pyrrole nitrogens is 1. The maximum atomic E-state index is 5.46. The molecule has 0 saturated heterocycles. The zero-order valence-corrected chi connectivity index (χ0v) is 9.82. The van der Waals surface area contributed by atoms with Gasteiger partial charge in [-0.2, -0.15) is 0 Å². The van der Waals surface area contributed by atoms with Crippen molar-refractivity contribution in [3.8, 4) is 0 Å². The molecular formula is C11H15N3S. The number of benzene rings is 1. The van der Waals surface area contributed by atoms with Gasteiger partial charge in [0.1, 0.15) is 0 Å². The van der Waals surface area contributed by atoms with Crippen LogP contribution in [0.2, 0.25) is 0 Å². The lowest BCUT2D eigenvalue weighted by Crippen LogP contribution is -2.01. The number of fused-ring (bicyclic) bond motifs is 1. The molecule has 3 N–H and O–H groups in total. The van der Waals surface area contributed by atoms with Crippen LogP contribution in [0, 0.1) is 13.8 Å². The molecule has 0 fully saturated rings. The number of nitrogens with zero attached hydrogens (tertiary/aromatic N) is 1. The highest BCUT2D eigenvalue weighted by Crippen LogP contribution is 2.21. The summed E-state index contributed by atoms with van der Waals surface area (Å²) in [4.78, 5) is 7.80. The third kappa shape index (κ3) is 2.16. The Kier molecular flexibility index (Phi) is 2.98. The van der Waals surface area contributed by atoms with Gasteiger partial charge in [0, 0.05) is 12.3 Å². The van der Waals surface area contributed by atoms with Gasteiger partial charge in [-0.05, 0) is 37.1 Å². The number of hydrogen-bond donors (Lipinski definition) is 2. The fourth-order valence-electron chi connectivity index (χ4n) is 1.47. The Hall–Kier alpha value is -1.00. The molecule has 0 radical (unpaired) electrons. The van der Waals surface area contributed by atoms with E-state index in [-0.39, 0.29) is 0 Å². The van der Waals surface area contributed by atoms with Gasteiger partial charge in [0.05, 0.1) is 11.0 Å². The van der Waals surface area contributed by atoms with Gasteiger partial charge in [-0.1, -0.05) is 11.8 Å². The fraction of sp³-hybridized carbons (Fsp3) is 0.364. The Bertz CT molecular complexity index is 437. The van der Waals surface area contributed by atoms with E-state index in [1.54, 1.807) is 11.8 Å². The van der Waals surface area contributed by atoms with E-state index in [0.717, 1.165) is 21.9 Å². The average Bonchev–Trinajstić information content (AvgIpc) is 2.58. The highest BCUT2D eigenvalue weighted by molar-refractivity contribution is 7.99. The molecule has 1 heterocycles. The van der Waals surface area contributed by atoms with Gasteiger partial charge in [-0.15, -0.1) is 0 Å². The smallest absolute Gasteiger partial charge is 0.166 e. The molecule has 0 bridgehead atoms. The van der Waals surface area contributed by atoms with Gasteiger partial charge in [-0.3, -0.25) is 0 Å². The second-order valence-electron chi connectivity index (χ2n) is 3.63. The molecule has 0 saturated carbocycles. The Morgan fingerprint density at radius 3 is 2.80 bits per heavy atom. The van der Waals surface area contributed by atoms with Crippen LogP contribution in [-0.2, 0) is 0 Å². The predicted octanol–water partition coefficient (Wildman–Crippen LogP) is 2.23. The van der Waals surface area contributed by atoms with Crippen LogP contribution in [-0.4, -0.2) is 22.3 Å². The summed E-state index contributed by atoms with van der Waals surface area (Å²) in [6, 6.07) is 4.26. The lowest BCUT2D eigenvalue weighted by atomic mass is 10.1. The first-order chi connectivity index (χ1) is 7.20. The molecule has 3 nitrogen and oxygen atoms in total. The molecule has 0 aliphatic carbocycles. The van der Waals surface area contributed by atoms with E-state index in [9.17, 15) is 0 Å². The van der Waals surface area contributed by atoms with Crippen molar-refractivity contribution < 1.29 is 0 Å². The quantitative estimate of drug-likeness (QED) is 0.781. The van der Waals surface area contributed by atoms with Gasteiger partial charge < -0.3 is 10.7 Å². The number of aromatic nitrogens is 2. The Morgan fingerprint density at radius 1 is 1.33 bits per heavy atom. The molecule has 2 rings (SSSR count). The molecule has 0 spiro atoms. The summed E-state index contributed by atoms with van der Waals surface area (Å²) < 4.78 is 0. The van der Waals surface area contributed by atoms with Crippen molar-refractivity contribution in [1.29, 1.82) is 0 Å². The third-order valence-electron chi connectivity index (χ3n) is 2.43. The van der Waals surface area contributed by atoms with Gasteiger partial charge in [-0.25, -0.2) is 4.98 Å². The van der Waals surface area contributed by atoms with Crippen molar-refractivity contribution in [2.75, 3.05) is 12.3 Å². The first-order valence-electron chi connectivity index (χ1n) is 5.00. The van der Waals surface area contributed by atoms with Gasteiger partial charge in [0.15, 0.2) is 5.16 Å². The zero-order chi connectivity index (χ0) is 10.8. The van der Waals surface area contributed by atoms with E-state index in [1.165, 1.54) is 11.1 Å². The van der Waals surface area contributed by atoms with Crippen molar-refractivity contribution in [3.05, 3.63) is 23.3 Å². The summed E-state index contributed by atoms with van der Waals surface area (Å²) in [6.45, 7) is 4.90. The molecule has 0 aliphatic heterocycles. The SMILES string of the molecule is Cc1cc2nc(SCCN)[nH]c2cc1C. The van der Waals surface area contributed by atoms with Crippen LogP contribution in [0.1, 0.15) is 11.1 Å². The number of imidazole rings is 1. The maximum Gasteiger partial charge on any atom is 0.166 e. The fourth-order valence-corrected chi connectivity index (χ4v) is 2.13. The second kappa shape index (κ2) is 4.24. The number of aromatic amines is 1. The highest BCUT2D eigenvalue weighted by Gasteiger charge is 2.04. The normalized spacial score (nSPS) is 11.1. The third-order valence-corrected chi connectivity index (χ3v) is 3.34. The van der Waals surface area contributed by atoms with Crippen LogP contribution in [0.25, 0.3) is 11.0 Å². The number of nitrogens with two attached hydrogens (primary N) is 1. The Morgan fingerprint density at radius 2 is 2.07 bits per heavy atom. The number of rotatable bonds is 3. The molecule has 15 heavy (non-hydrogen) atoms. The van der Waals surface area contributed by atoms with Gasteiger partial charge >= 0.3 is 0 Å². The van der Waals surface area contributed by atoms with E-state index >= 15 is 0 Å². The number of aryl methyl sites for hydroxylation is 2. The number of nitrogens with one attached hydrogen (secondary N) is 1. The van der Waals surface area contributed by atoms with E-state index < -0.39 is 0 Å². The first kappa shape index (κ1) is 10.5. The topological polar surface area (TPSA) is 54.7 Å².